The van der Waals surface area contributed by atoms with E-state index in [9.17, 15) is 0 Å². The zero-order chi connectivity index (χ0) is 13.7. The molecule has 106 valence electrons. The first-order valence-corrected chi connectivity index (χ1v) is 6.92. The van der Waals surface area contributed by atoms with Crippen LogP contribution in [0.2, 0.25) is 0 Å². The van der Waals surface area contributed by atoms with Gasteiger partial charge in [-0.2, -0.15) is 0 Å². The third-order valence-corrected chi connectivity index (χ3v) is 3.36. The zero-order valence-electron chi connectivity index (χ0n) is 11.9. The number of ether oxygens (including phenoxy) is 2. The van der Waals surface area contributed by atoms with Crippen molar-refractivity contribution in [1.82, 2.24) is 4.90 Å². The number of nitrogens with zero attached hydrogens (tertiary/aromatic N) is 1. The van der Waals surface area contributed by atoms with Crippen LogP contribution in [-0.2, 0) is 4.74 Å². The number of rotatable bonds is 5. The van der Waals surface area contributed by atoms with Crippen LogP contribution in [0.5, 0.6) is 5.75 Å². The lowest BCUT2D eigenvalue weighted by Crippen LogP contribution is -2.46. The van der Waals surface area contributed by atoms with Gasteiger partial charge in [0.15, 0.2) is 0 Å². The van der Waals surface area contributed by atoms with Crippen molar-refractivity contribution in [2.45, 2.75) is 20.0 Å². The summed E-state index contributed by atoms with van der Waals surface area (Å²) < 4.78 is 11.4. The topological polar surface area (TPSA) is 47.7 Å². The SMILES string of the molecule is Cc1cc(C)cc(OCCN2CCOC(CN)C2)c1. The van der Waals surface area contributed by atoms with Gasteiger partial charge >= 0.3 is 0 Å². The van der Waals surface area contributed by atoms with Gasteiger partial charge in [-0.1, -0.05) is 6.07 Å². The van der Waals surface area contributed by atoms with E-state index in [4.69, 9.17) is 15.2 Å². The maximum absolute atomic E-state index is 5.83. The molecule has 2 rings (SSSR count). The summed E-state index contributed by atoms with van der Waals surface area (Å²) in [7, 11) is 0. The summed E-state index contributed by atoms with van der Waals surface area (Å²) in [5, 5.41) is 0. The molecule has 2 N–H and O–H groups in total. The van der Waals surface area contributed by atoms with E-state index in [1.165, 1.54) is 11.1 Å². The number of nitrogens with two attached hydrogens (primary N) is 1. The first kappa shape index (κ1) is 14.3. The van der Waals surface area contributed by atoms with Crippen LogP contribution in [0.4, 0.5) is 0 Å². The molecule has 1 aromatic rings. The van der Waals surface area contributed by atoms with Crippen molar-refractivity contribution < 1.29 is 9.47 Å². The van der Waals surface area contributed by atoms with Crippen molar-refractivity contribution in [2.75, 3.05) is 39.4 Å². The standard InChI is InChI=1S/C15H24N2O2/c1-12-7-13(2)9-14(8-12)18-5-3-17-4-6-19-15(10-16)11-17/h7-9,15H,3-6,10-11,16H2,1-2H3. The molecule has 1 heterocycles. The second-order valence-corrected chi connectivity index (χ2v) is 5.20. The minimum absolute atomic E-state index is 0.176. The largest absolute Gasteiger partial charge is 0.492 e. The Hall–Kier alpha value is -1.10. The minimum Gasteiger partial charge on any atom is -0.492 e. The molecule has 0 amide bonds. The van der Waals surface area contributed by atoms with E-state index in [0.29, 0.717) is 13.2 Å². The molecule has 4 nitrogen and oxygen atoms in total. The molecule has 0 radical (unpaired) electrons. The summed E-state index contributed by atoms with van der Waals surface area (Å²) in [5.74, 6) is 0.959. The summed E-state index contributed by atoms with van der Waals surface area (Å²) in [6.45, 7) is 9.05. The average Bonchev–Trinajstić information content (AvgIpc) is 2.38. The second-order valence-electron chi connectivity index (χ2n) is 5.20. The molecule has 0 aromatic heterocycles. The Morgan fingerprint density at radius 3 is 2.74 bits per heavy atom. The van der Waals surface area contributed by atoms with Gasteiger partial charge in [-0.25, -0.2) is 0 Å². The van der Waals surface area contributed by atoms with Gasteiger partial charge in [-0.15, -0.1) is 0 Å². The summed E-state index contributed by atoms with van der Waals surface area (Å²) in [4.78, 5) is 2.35. The molecular formula is C15H24N2O2. The summed E-state index contributed by atoms with van der Waals surface area (Å²) >= 11 is 0. The zero-order valence-corrected chi connectivity index (χ0v) is 11.9. The molecule has 1 aliphatic heterocycles. The molecule has 19 heavy (non-hydrogen) atoms. The van der Waals surface area contributed by atoms with Crippen LogP contribution in [0.3, 0.4) is 0 Å². The Morgan fingerprint density at radius 1 is 1.32 bits per heavy atom. The van der Waals surface area contributed by atoms with E-state index in [1.807, 2.05) is 0 Å². The predicted molar refractivity (Wildman–Crippen MR) is 76.6 cm³/mol. The molecule has 0 spiro atoms. The van der Waals surface area contributed by atoms with E-state index >= 15 is 0 Å². The highest BCUT2D eigenvalue weighted by Crippen LogP contribution is 2.16. The second kappa shape index (κ2) is 6.89. The van der Waals surface area contributed by atoms with Crippen LogP contribution < -0.4 is 10.5 Å². The lowest BCUT2D eigenvalue weighted by Gasteiger charge is -2.32. The van der Waals surface area contributed by atoms with Crippen LogP contribution in [0, 0.1) is 13.8 Å². The molecule has 1 unspecified atom stereocenters. The van der Waals surface area contributed by atoms with Crippen molar-refractivity contribution >= 4 is 0 Å². The highest BCUT2D eigenvalue weighted by atomic mass is 16.5. The quantitative estimate of drug-likeness (QED) is 0.872. The van der Waals surface area contributed by atoms with Crippen molar-refractivity contribution in [1.29, 1.82) is 0 Å². The van der Waals surface area contributed by atoms with Gasteiger partial charge in [0.1, 0.15) is 12.4 Å². The number of hydrogen-bond acceptors (Lipinski definition) is 4. The normalized spacial score (nSPS) is 20.5. The van der Waals surface area contributed by atoms with E-state index in [2.05, 4.69) is 36.9 Å². The molecule has 1 aromatic carbocycles. The number of morpholine rings is 1. The number of aryl methyl sites for hydroxylation is 2. The third-order valence-electron chi connectivity index (χ3n) is 3.36. The third kappa shape index (κ3) is 4.49. The fraction of sp³-hybridized carbons (Fsp3) is 0.600. The van der Waals surface area contributed by atoms with Gasteiger partial charge in [-0.05, 0) is 37.1 Å². The molecule has 1 aliphatic rings. The Labute approximate surface area is 115 Å². The Morgan fingerprint density at radius 2 is 2.05 bits per heavy atom. The van der Waals surface area contributed by atoms with Crippen LogP contribution >= 0.6 is 0 Å². The maximum Gasteiger partial charge on any atom is 0.119 e. The average molecular weight is 264 g/mol. The molecule has 1 saturated heterocycles. The minimum atomic E-state index is 0.176. The molecule has 4 heteroatoms. The fourth-order valence-electron chi connectivity index (χ4n) is 2.43. The summed E-state index contributed by atoms with van der Waals surface area (Å²) in [6, 6.07) is 6.31. The van der Waals surface area contributed by atoms with E-state index in [0.717, 1.165) is 32.0 Å². The maximum atomic E-state index is 5.83. The van der Waals surface area contributed by atoms with Gasteiger partial charge in [0.25, 0.3) is 0 Å². The van der Waals surface area contributed by atoms with Crippen molar-refractivity contribution in [3.63, 3.8) is 0 Å². The van der Waals surface area contributed by atoms with Gasteiger partial charge in [0.05, 0.1) is 12.7 Å². The van der Waals surface area contributed by atoms with Crippen molar-refractivity contribution in [3.8, 4) is 5.75 Å². The Balaban J connectivity index is 1.76. The summed E-state index contributed by atoms with van der Waals surface area (Å²) in [6.07, 6.45) is 0.176. The van der Waals surface area contributed by atoms with E-state index in [-0.39, 0.29) is 6.10 Å². The monoisotopic (exact) mass is 264 g/mol. The first-order chi connectivity index (χ1) is 9.17. The lowest BCUT2D eigenvalue weighted by molar-refractivity contribution is -0.0261. The van der Waals surface area contributed by atoms with Crippen LogP contribution in [0.1, 0.15) is 11.1 Å². The summed E-state index contributed by atoms with van der Waals surface area (Å²) in [5.41, 5.74) is 8.12. The molecule has 0 aliphatic carbocycles. The molecular weight excluding hydrogens is 240 g/mol. The highest BCUT2D eigenvalue weighted by molar-refractivity contribution is 5.32. The highest BCUT2D eigenvalue weighted by Gasteiger charge is 2.18. The van der Waals surface area contributed by atoms with Crippen LogP contribution in [-0.4, -0.2) is 50.4 Å². The molecule has 0 bridgehead atoms. The van der Waals surface area contributed by atoms with Gasteiger partial charge in [0.2, 0.25) is 0 Å². The van der Waals surface area contributed by atoms with Crippen molar-refractivity contribution in [3.05, 3.63) is 29.3 Å². The molecule has 1 fully saturated rings. The predicted octanol–water partition coefficient (Wildman–Crippen LogP) is 1.34. The molecule has 0 saturated carbocycles. The Bertz CT molecular complexity index is 389. The lowest BCUT2D eigenvalue weighted by atomic mass is 10.1. The van der Waals surface area contributed by atoms with Gasteiger partial charge in [-0.3, -0.25) is 4.90 Å². The molecule has 1 atom stereocenters. The van der Waals surface area contributed by atoms with E-state index < -0.39 is 0 Å². The van der Waals surface area contributed by atoms with Crippen molar-refractivity contribution in [2.24, 2.45) is 5.73 Å². The van der Waals surface area contributed by atoms with Crippen LogP contribution in [0.15, 0.2) is 18.2 Å². The van der Waals surface area contributed by atoms with Gasteiger partial charge in [0, 0.05) is 26.2 Å². The smallest absolute Gasteiger partial charge is 0.119 e. The van der Waals surface area contributed by atoms with Crippen LogP contribution in [0.25, 0.3) is 0 Å². The van der Waals surface area contributed by atoms with Gasteiger partial charge < -0.3 is 15.2 Å². The fourth-order valence-corrected chi connectivity index (χ4v) is 2.43. The number of hydrogen-bond donors (Lipinski definition) is 1. The Kier molecular flexibility index (Phi) is 5.19. The first-order valence-electron chi connectivity index (χ1n) is 6.92. The number of benzene rings is 1. The van der Waals surface area contributed by atoms with E-state index in [1.54, 1.807) is 0 Å².